The summed E-state index contributed by atoms with van der Waals surface area (Å²) in [6, 6.07) is 2.88. The van der Waals surface area contributed by atoms with E-state index in [2.05, 4.69) is 36.0 Å². The second-order valence-electron chi connectivity index (χ2n) is 6.09. The molecule has 3 heteroatoms. The minimum atomic E-state index is 0.586. The zero-order valence-corrected chi connectivity index (χ0v) is 12.2. The van der Waals surface area contributed by atoms with Gasteiger partial charge in [0.05, 0.1) is 0 Å². The molecule has 2 aliphatic heterocycles. The van der Waals surface area contributed by atoms with Gasteiger partial charge in [0, 0.05) is 25.3 Å². The monoisotopic (exact) mass is 259 g/mol. The standard InChI is InChI=1S/C16H25N3/c1-13-11-16(19-9-4-3-5-10-19)17-12-14(13)15-7-6-8-18(15)2/h11-12,15H,3-10H2,1-2H3/t15-/m1/s1. The van der Waals surface area contributed by atoms with E-state index in [1.165, 1.54) is 68.7 Å². The Morgan fingerprint density at radius 2 is 1.89 bits per heavy atom. The normalized spacial score (nSPS) is 24.9. The second kappa shape index (κ2) is 5.49. The third kappa shape index (κ3) is 2.62. The van der Waals surface area contributed by atoms with Crippen molar-refractivity contribution in [2.24, 2.45) is 0 Å². The first-order valence-corrected chi connectivity index (χ1v) is 7.67. The Balaban J connectivity index is 1.81. The Kier molecular flexibility index (Phi) is 3.74. The van der Waals surface area contributed by atoms with Gasteiger partial charge in [-0.1, -0.05) is 0 Å². The summed E-state index contributed by atoms with van der Waals surface area (Å²) in [5, 5.41) is 0. The summed E-state index contributed by atoms with van der Waals surface area (Å²) in [5.41, 5.74) is 2.84. The van der Waals surface area contributed by atoms with Crippen LogP contribution in [0, 0.1) is 6.92 Å². The molecule has 0 radical (unpaired) electrons. The maximum absolute atomic E-state index is 4.74. The van der Waals surface area contributed by atoms with Gasteiger partial charge in [-0.3, -0.25) is 4.90 Å². The summed E-state index contributed by atoms with van der Waals surface area (Å²) < 4.78 is 0. The number of hydrogen-bond donors (Lipinski definition) is 0. The number of anilines is 1. The molecule has 0 bridgehead atoms. The number of rotatable bonds is 2. The van der Waals surface area contributed by atoms with Crippen LogP contribution in [0.1, 0.15) is 49.3 Å². The van der Waals surface area contributed by atoms with Gasteiger partial charge in [-0.25, -0.2) is 4.98 Å². The fourth-order valence-corrected chi connectivity index (χ4v) is 3.50. The smallest absolute Gasteiger partial charge is 0.128 e. The Labute approximate surface area is 116 Å². The van der Waals surface area contributed by atoms with Crippen LogP contribution in [0.2, 0.25) is 0 Å². The Bertz CT molecular complexity index is 438. The van der Waals surface area contributed by atoms with Gasteiger partial charge in [-0.15, -0.1) is 0 Å². The van der Waals surface area contributed by atoms with Crippen molar-refractivity contribution in [2.45, 2.75) is 45.1 Å². The zero-order chi connectivity index (χ0) is 13.2. The molecule has 0 unspecified atom stereocenters. The van der Waals surface area contributed by atoms with E-state index in [0.717, 1.165) is 0 Å². The van der Waals surface area contributed by atoms with Crippen LogP contribution in [-0.4, -0.2) is 36.6 Å². The van der Waals surface area contributed by atoms with Crippen LogP contribution >= 0.6 is 0 Å². The largest absolute Gasteiger partial charge is 0.357 e. The van der Waals surface area contributed by atoms with Gasteiger partial charge in [0.25, 0.3) is 0 Å². The maximum Gasteiger partial charge on any atom is 0.128 e. The summed E-state index contributed by atoms with van der Waals surface area (Å²) in [5.74, 6) is 1.18. The summed E-state index contributed by atoms with van der Waals surface area (Å²) >= 11 is 0. The molecule has 104 valence electrons. The molecule has 3 nitrogen and oxygen atoms in total. The number of hydrogen-bond acceptors (Lipinski definition) is 3. The first-order chi connectivity index (χ1) is 9.25. The summed E-state index contributed by atoms with van der Waals surface area (Å²) in [7, 11) is 2.23. The molecular weight excluding hydrogens is 234 g/mol. The highest BCUT2D eigenvalue weighted by Gasteiger charge is 2.24. The molecule has 2 aliphatic rings. The second-order valence-corrected chi connectivity index (χ2v) is 6.09. The molecule has 1 aromatic heterocycles. The van der Waals surface area contributed by atoms with Crippen molar-refractivity contribution in [3.05, 3.63) is 23.4 Å². The Hall–Kier alpha value is -1.09. The molecule has 2 fully saturated rings. The van der Waals surface area contributed by atoms with Gasteiger partial charge >= 0.3 is 0 Å². The number of likely N-dealkylation sites (tertiary alicyclic amines) is 1. The average molecular weight is 259 g/mol. The number of pyridine rings is 1. The van der Waals surface area contributed by atoms with Crippen molar-refractivity contribution in [3.8, 4) is 0 Å². The molecule has 1 atom stereocenters. The van der Waals surface area contributed by atoms with Crippen molar-refractivity contribution < 1.29 is 0 Å². The van der Waals surface area contributed by atoms with Crippen LogP contribution in [0.3, 0.4) is 0 Å². The van der Waals surface area contributed by atoms with Crippen molar-refractivity contribution >= 4 is 5.82 Å². The molecule has 0 spiro atoms. The lowest BCUT2D eigenvalue weighted by Crippen LogP contribution is -2.30. The van der Waals surface area contributed by atoms with Crippen LogP contribution in [0.5, 0.6) is 0 Å². The fraction of sp³-hybridized carbons (Fsp3) is 0.688. The van der Waals surface area contributed by atoms with E-state index in [-0.39, 0.29) is 0 Å². The van der Waals surface area contributed by atoms with E-state index in [1.807, 2.05) is 0 Å². The van der Waals surface area contributed by atoms with Gasteiger partial charge in [0.2, 0.25) is 0 Å². The molecule has 19 heavy (non-hydrogen) atoms. The van der Waals surface area contributed by atoms with Crippen molar-refractivity contribution in [3.63, 3.8) is 0 Å². The molecular formula is C16H25N3. The average Bonchev–Trinajstić information content (AvgIpc) is 2.86. The first kappa shape index (κ1) is 12.9. The van der Waals surface area contributed by atoms with E-state index in [0.29, 0.717) is 6.04 Å². The lowest BCUT2D eigenvalue weighted by molar-refractivity contribution is 0.316. The van der Waals surface area contributed by atoms with Gasteiger partial charge in [-0.05, 0) is 69.8 Å². The SMILES string of the molecule is Cc1cc(N2CCCCC2)ncc1[C@H]1CCCN1C. The highest BCUT2D eigenvalue weighted by Crippen LogP contribution is 2.33. The third-order valence-electron chi connectivity index (χ3n) is 4.70. The highest BCUT2D eigenvalue weighted by atomic mass is 15.2. The van der Waals surface area contributed by atoms with E-state index >= 15 is 0 Å². The van der Waals surface area contributed by atoms with Crippen LogP contribution in [0.25, 0.3) is 0 Å². The van der Waals surface area contributed by atoms with Crippen LogP contribution < -0.4 is 4.90 Å². The molecule has 0 aromatic carbocycles. The van der Waals surface area contributed by atoms with Gasteiger partial charge in [0.1, 0.15) is 5.82 Å². The minimum absolute atomic E-state index is 0.586. The molecule has 0 aliphatic carbocycles. The molecule has 3 rings (SSSR count). The molecule has 0 N–H and O–H groups in total. The van der Waals surface area contributed by atoms with Gasteiger partial charge in [-0.2, -0.15) is 0 Å². The fourth-order valence-electron chi connectivity index (χ4n) is 3.50. The molecule has 0 saturated carbocycles. The van der Waals surface area contributed by atoms with E-state index in [9.17, 15) is 0 Å². The first-order valence-electron chi connectivity index (χ1n) is 7.67. The molecule has 2 saturated heterocycles. The Morgan fingerprint density at radius 1 is 1.11 bits per heavy atom. The minimum Gasteiger partial charge on any atom is -0.357 e. The number of nitrogens with zero attached hydrogens (tertiary/aromatic N) is 3. The maximum atomic E-state index is 4.74. The van der Waals surface area contributed by atoms with Crippen LogP contribution in [-0.2, 0) is 0 Å². The quantitative estimate of drug-likeness (QED) is 0.813. The van der Waals surface area contributed by atoms with Gasteiger partial charge in [0.15, 0.2) is 0 Å². The summed E-state index contributed by atoms with van der Waals surface area (Å²) in [4.78, 5) is 9.65. The van der Waals surface area contributed by atoms with Crippen molar-refractivity contribution in [2.75, 3.05) is 31.6 Å². The van der Waals surface area contributed by atoms with Gasteiger partial charge < -0.3 is 4.90 Å². The third-order valence-corrected chi connectivity index (χ3v) is 4.70. The lowest BCUT2D eigenvalue weighted by atomic mass is 10.0. The molecule has 0 amide bonds. The lowest BCUT2D eigenvalue weighted by Gasteiger charge is -2.29. The highest BCUT2D eigenvalue weighted by molar-refractivity contribution is 5.44. The zero-order valence-electron chi connectivity index (χ0n) is 12.2. The number of aromatic nitrogens is 1. The number of piperidine rings is 1. The Morgan fingerprint density at radius 3 is 2.53 bits per heavy atom. The van der Waals surface area contributed by atoms with Crippen molar-refractivity contribution in [1.82, 2.24) is 9.88 Å². The van der Waals surface area contributed by atoms with Crippen LogP contribution in [0.15, 0.2) is 12.3 Å². The molecule has 3 heterocycles. The predicted octanol–water partition coefficient (Wildman–Crippen LogP) is 3.15. The predicted molar refractivity (Wildman–Crippen MR) is 79.6 cm³/mol. The van der Waals surface area contributed by atoms with Crippen LogP contribution in [0.4, 0.5) is 5.82 Å². The van der Waals surface area contributed by atoms with E-state index in [1.54, 1.807) is 0 Å². The van der Waals surface area contributed by atoms with Crippen molar-refractivity contribution in [1.29, 1.82) is 0 Å². The molecule has 1 aromatic rings. The summed E-state index contributed by atoms with van der Waals surface area (Å²) in [6.45, 7) is 5.82. The topological polar surface area (TPSA) is 19.4 Å². The number of aryl methyl sites for hydroxylation is 1. The van der Waals surface area contributed by atoms with E-state index < -0.39 is 0 Å². The summed E-state index contributed by atoms with van der Waals surface area (Å²) in [6.07, 6.45) is 8.73. The van der Waals surface area contributed by atoms with E-state index in [4.69, 9.17) is 4.98 Å².